The molecule has 3 aliphatic heterocycles. The molecule has 3 aromatic rings. The maximum atomic E-state index is 14.3. The third-order valence-electron chi connectivity index (χ3n) is 8.79. The topological polar surface area (TPSA) is 202 Å². The maximum absolute atomic E-state index is 14.3. The lowest BCUT2D eigenvalue weighted by Crippen LogP contribution is -2.78. The first-order valence-electron chi connectivity index (χ1n) is 16.4. The summed E-state index contributed by atoms with van der Waals surface area (Å²) in [5.41, 5.74) is 1.55. The molecule has 6 rings (SSSR count). The zero-order valence-electron chi connectivity index (χ0n) is 29.1. The number of nitrogens with zero attached hydrogens (tertiary/aromatic N) is 3. The van der Waals surface area contributed by atoms with Gasteiger partial charge in [-0.25, -0.2) is 32.0 Å². The van der Waals surface area contributed by atoms with Gasteiger partial charge in [0.15, 0.2) is 17.0 Å². The summed E-state index contributed by atoms with van der Waals surface area (Å²) in [5.74, 6) is -2.94. The number of carbonyl (C=O) groups excluding carboxylic acids is 6. The van der Waals surface area contributed by atoms with Crippen LogP contribution in [0.1, 0.15) is 36.0 Å². The number of imide groups is 1. The molecule has 6 amide bonds. The lowest BCUT2D eigenvalue weighted by molar-refractivity contribution is -0.156. The Balaban J connectivity index is 1.27. The molecule has 0 spiro atoms. The molecule has 16 nitrogen and oxygen atoms in total. The number of rotatable bonds is 12. The number of thioether (sulfide) groups is 2. The van der Waals surface area contributed by atoms with E-state index in [9.17, 15) is 37.2 Å². The SMILES string of the molecule is CS[C@@]1(NC(=O)C(NC(=O)N2CCN(S(C)(=O)=O)C2=O)c2ccco2)C(=O)N2C(C(=O)OC(c3ccccc3)c3ccccc3)=C(COC(C)=O)CS[C@@H]21. The molecule has 2 fully saturated rings. The van der Waals surface area contributed by atoms with Crippen molar-refractivity contribution in [1.82, 2.24) is 24.7 Å². The van der Waals surface area contributed by atoms with Gasteiger partial charge >= 0.3 is 24.0 Å². The van der Waals surface area contributed by atoms with Crippen molar-refractivity contribution in [2.45, 2.75) is 29.3 Å². The number of ether oxygens (including phenoxy) is 2. The molecule has 1 aromatic heterocycles. The summed E-state index contributed by atoms with van der Waals surface area (Å²) in [4.78, 5) is 80.7. The van der Waals surface area contributed by atoms with Crippen LogP contribution in [-0.2, 0) is 38.7 Å². The van der Waals surface area contributed by atoms with Gasteiger partial charge in [-0.3, -0.25) is 19.3 Å². The van der Waals surface area contributed by atoms with Crippen molar-refractivity contribution in [2.24, 2.45) is 0 Å². The van der Waals surface area contributed by atoms with Crippen LogP contribution in [0.3, 0.4) is 0 Å². The summed E-state index contributed by atoms with van der Waals surface area (Å²) in [7, 11) is -3.95. The predicted molar refractivity (Wildman–Crippen MR) is 196 cm³/mol. The van der Waals surface area contributed by atoms with E-state index in [1.807, 2.05) is 12.1 Å². The van der Waals surface area contributed by atoms with E-state index in [0.717, 1.165) is 18.0 Å². The Labute approximate surface area is 318 Å². The van der Waals surface area contributed by atoms with Crippen LogP contribution in [0.15, 0.2) is 94.7 Å². The lowest BCUT2D eigenvalue weighted by atomic mass is 10.00. The van der Waals surface area contributed by atoms with Gasteiger partial charge in [0.1, 0.15) is 23.4 Å². The Morgan fingerprint density at radius 3 is 2.19 bits per heavy atom. The van der Waals surface area contributed by atoms with E-state index in [0.29, 0.717) is 25.9 Å². The first-order chi connectivity index (χ1) is 25.8. The minimum Gasteiger partial charge on any atom is -0.467 e. The Morgan fingerprint density at radius 2 is 1.65 bits per heavy atom. The number of carbonyl (C=O) groups is 6. The minimum atomic E-state index is -3.95. The van der Waals surface area contributed by atoms with Gasteiger partial charge in [-0.15, -0.1) is 23.5 Å². The Bertz CT molecular complexity index is 2060. The third-order valence-corrected chi connectivity index (χ3v) is 12.6. The van der Waals surface area contributed by atoms with Crippen LogP contribution in [0, 0.1) is 0 Å². The maximum Gasteiger partial charge on any atom is 0.356 e. The largest absolute Gasteiger partial charge is 0.467 e. The summed E-state index contributed by atoms with van der Waals surface area (Å²) < 4.78 is 41.4. The summed E-state index contributed by atoms with van der Waals surface area (Å²) in [6.45, 7) is 0.400. The van der Waals surface area contributed by atoms with E-state index >= 15 is 0 Å². The van der Waals surface area contributed by atoms with E-state index in [-0.39, 0.29) is 36.9 Å². The second kappa shape index (κ2) is 15.6. The molecule has 0 radical (unpaired) electrons. The zero-order chi connectivity index (χ0) is 38.8. The fourth-order valence-corrected chi connectivity index (χ4v) is 9.56. The van der Waals surface area contributed by atoms with Crippen LogP contribution < -0.4 is 10.6 Å². The number of β-lactam (4-membered cyclic amide) rings is 1. The average Bonchev–Trinajstić information content (AvgIpc) is 3.84. The highest BCUT2D eigenvalue weighted by Gasteiger charge is 2.66. The number of hydrogen-bond acceptors (Lipinski definition) is 13. The molecule has 1 unspecified atom stereocenters. The first kappa shape index (κ1) is 38.5. The summed E-state index contributed by atoms with van der Waals surface area (Å²) in [6.07, 6.45) is 2.83. The number of amides is 6. The minimum absolute atomic E-state index is 0.0376. The van der Waals surface area contributed by atoms with E-state index in [2.05, 4.69) is 10.6 Å². The highest BCUT2D eigenvalue weighted by atomic mass is 32.2. The molecule has 0 saturated carbocycles. The Hall–Kier alpha value is -5.27. The number of furan rings is 1. The number of urea groups is 2. The van der Waals surface area contributed by atoms with Crippen LogP contribution in [0.4, 0.5) is 9.59 Å². The monoisotopic (exact) mass is 797 g/mol. The van der Waals surface area contributed by atoms with Crippen molar-refractivity contribution >= 4 is 69.4 Å². The Kier molecular flexibility index (Phi) is 11.1. The fraction of sp³-hybridized carbons (Fsp3) is 0.314. The summed E-state index contributed by atoms with van der Waals surface area (Å²) in [6, 6.07) is 17.2. The highest BCUT2D eigenvalue weighted by Crippen LogP contribution is 2.51. The van der Waals surface area contributed by atoms with Gasteiger partial charge in [0.05, 0.1) is 25.6 Å². The number of benzene rings is 2. The van der Waals surface area contributed by atoms with Crippen molar-refractivity contribution in [3.63, 3.8) is 0 Å². The van der Waals surface area contributed by atoms with Gasteiger partial charge in [0.25, 0.3) is 11.8 Å². The van der Waals surface area contributed by atoms with Gasteiger partial charge in [-0.1, -0.05) is 60.7 Å². The van der Waals surface area contributed by atoms with Gasteiger partial charge in [0.2, 0.25) is 10.0 Å². The summed E-state index contributed by atoms with van der Waals surface area (Å²) in [5, 5.41) is 4.30. The molecule has 3 atom stereocenters. The van der Waals surface area contributed by atoms with Crippen LogP contribution in [0.2, 0.25) is 0 Å². The molecular weight excluding hydrogens is 763 g/mol. The van der Waals surface area contributed by atoms with Gasteiger partial charge in [-0.05, 0) is 29.5 Å². The van der Waals surface area contributed by atoms with Crippen LogP contribution >= 0.6 is 23.5 Å². The molecule has 0 bridgehead atoms. The van der Waals surface area contributed by atoms with Gasteiger partial charge < -0.3 is 24.5 Å². The van der Waals surface area contributed by atoms with Crippen molar-refractivity contribution in [1.29, 1.82) is 0 Å². The molecule has 2 N–H and O–H groups in total. The quantitative estimate of drug-likeness (QED) is 0.154. The molecule has 4 heterocycles. The van der Waals surface area contributed by atoms with Crippen molar-refractivity contribution in [2.75, 3.05) is 38.0 Å². The fourth-order valence-electron chi connectivity index (χ4n) is 6.17. The number of esters is 2. The Morgan fingerprint density at radius 1 is 1.00 bits per heavy atom. The van der Waals surface area contributed by atoms with Crippen LogP contribution in [0.5, 0.6) is 0 Å². The van der Waals surface area contributed by atoms with E-state index in [4.69, 9.17) is 13.9 Å². The predicted octanol–water partition coefficient (Wildman–Crippen LogP) is 2.97. The van der Waals surface area contributed by atoms with Gasteiger partial charge in [-0.2, -0.15) is 0 Å². The number of fused-ring (bicyclic) bond motifs is 1. The molecule has 54 heavy (non-hydrogen) atoms. The lowest BCUT2D eigenvalue weighted by Gasteiger charge is -2.56. The number of sulfonamides is 1. The molecule has 0 aliphatic carbocycles. The third kappa shape index (κ3) is 7.42. The average molecular weight is 798 g/mol. The zero-order valence-corrected chi connectivity index (χ0v) is 31.6. The van der Waals surface area contributed by atoms with E-state index < -0.39 is 68.2 Å². The van der Waals surface area contributed by atoms with Crippen LogP contribution in [0.25, 0.3) is 0 Å². The van der Waals surface area contributed by atoms with Crippen LogP contribution in [-0.4, -0.2) is 107 Å². The number of nitrogens with one attached hydrogen (secondary N) is 2. The molecule has 2 aromatic carbocycles. The standard InChI is InChI=1S/C35H35N5O11S3/c1-21(41)50-19-24-20-53-32-35(52-2,31(44)40(32)27(24)30(43)51-28(22-11-6-4-7-12-22)23-13-8-5-9-14-23)37-29(42)26(25-15-10-18-49-25)36-33(45)38-16-17-39(34(38)46)54(3,47)48/h4-15,18,26,28,32H,16-17,19-20H2,1-3H3,(H,36,45)(H,37,42)/t26?,32-,35+/m1/s1. The highest BCUT2D eigenvalue weighted by molar-refractivity contribution is 8.05. The second-order valence-electron chi connectivity index (χ2n) is 12.3. The normalized spacial score (nSPS) is 20.3. The summed E-state index contributed by atoms with van der Waals surface area (Å²) >= 11 is 2.21. The van der Waals surface area contributed by atoms with Crippen molar-refractivity contribution in [3.05, 3.63) is 107 Å². The van der Waals surface area contributed by atoms with Crippen molar-refractivity contribution < 1.29 is 51.1 Å². The van der Waals surface area contributed by atoms with E-state index in [1.54, 1.807) is 54.8 Å². The molecule has 3 aliphatic rings. The second-order valence-corrected chi connectivity index (χ2v) is 16.3. The van der Waals surface area contributed by atoms with E-state index in [1.165, 1.54) is 42.0 Å². The van der Waals surface area contributed by atoms with Gasteiger partial charge in [0, 0.05) is 18.2 Å². The molecule has 19 heteroatoms. The number of hydrogen-bond donors (Lipinski definition) is 2. The first-order valence-corrected chi connectivity index (χ1v) is 20.5. The molecule has 2 saturated heterocycles. The molecular formula is C35H35N5O11S3. The molecule has 284 valence electrons. The van der Waals surface area contributed by atoms with Crippen molar-refractivity contribution in [3.8, 4) is 0 Å². The smallest absolute Gasteiger partial charge is 0.356 e.